The minimum absolute atomic E-state index is 0.0970. The van der Waals surface area contributed by atoms with Crippen LogP contribution in [0.2, 0.25) is 0 Å². The van der Waals surface area contributed by atoms with Crippen LogP contribution in [0.25, 0.3) is 0 Å². The van der Waals surface area contributed by atoms with Gasteiger partial charge in [-0.3, -0.25) is 9.59 Å². The summed E-state index contributed by atoms with van der Waals surface area (Å²) in [4.78, 5) is 24.1. The summed E-state index contributed by atoms with van der Waals surface area (Å²) in [5.41, 5.74) is 0. The van der Waals surface area contributed by atoms with Crippen LogP contribution in [0.3, 0.4) is 0 Å². The number of unbranched alkanes of at least 4 members (excludes halogenated alkanes) is 8. The largest absolute Gasteiger partial charge is 0.462 e. The van der Waals surface area contributed by atoms with E-state index in [4.69, 9.17) is 9.47 Å². The van der Waals surface area contributed by atoms with Crippen molar-refractivity contribution in [2.24, 2.45) is 0 Å². The van der Waals surface area contributed by atoms with E-state index in [-0.39, 0.29) is 31.6 Å². The molecule has 0 aromatic rings. The van der Waals surface area contributed by atoms with Crippen LogP contribution in [0.15, 0.2) is 72.9 Å². The zero-order valence-electron chi connectivity index (χ0n) is 26.7. The summed E-state index contributed by atoms with van der Waals surface area (Å²) in [6, 6.07) is 0. The zero-order chi connectivity index (χ0) is 30.8. The number of allylic oxidation sites excluding steroid dienone is 12. The molecule has 0 unspecified atom stereocenters. The number of ether oxygens (including phenoxy) is 2. The van der Waals surface area contributed by atoms with E-state index in [1.165, 1.54) is 32.1 Å². The molecular weight excluding hydrogens is 524 g/mol. The zero-order valence-corrected chi connectivity index (χ0v) is 26.7. The van der Waals surface area contributed by atoms with E-state index >= 15 is 0 Å². The van der Waals surface area contributed by atoms with Crippen molar-refractivity contribution in [1.82, 2.24) is 0 Å². The second-order valence-electron chi connectivity index (χ2n) is 10.5. The van der Waals surface area contributed by atoms with Gasteiger partial charge in [-0.2, -0.15) is 0 Å². The van der Waals surface area contributed by atoms with Crippen molar-refractivity contribution >= 4 is 11.9 Å². The van der Waals surface area contributed by atoms with Crippen molar-refractivity contribution in [2.75, 3.05) is 13.2 Å². The number of aliphatic hydroxyl groups is 1. The summed E-state index contributed by atoms with van der Waals surface area (Å²) in [6.45, 7) is 3.89. The lowest BCUT2D eigenvalue weighted by molar-refractivity contribution is -0.161. The number of hydrogen-bond donors (Lipinski definition) is 1. The number of carbonyl (C=O) groups excluding carboxylic acids is 2. The first-order chi connectivity index (χ1) is 20.6. The highest BCUT2D eigenvalue weighted by molar-refractivity contribution is 5.70. The molecule has 0 heterocycles. The van der Waals surface area contributed by atoms with E-state index < -0.39 is 6.10 Å². The Morgan fingerprint density at radius 2 is 1.05 bits per heavy atom. The van der Waals surface area contributed by atoms with Crippen molar-refractivity contribution < 1.29 is 24.2 Å². The van der Waals surface area contributed by atoms with Crippen LogP contribution in [0, 0.1) is 0 Å². The molecule has 1 atom stereocenters. The molecule has 0 fully saturated rings. The average molecular weight is 585 g/mol. The highest BCUT2D eigenvalue weighted by Gasteiger charge is 2.15. The molecule has 0 radical (unpaired) electrons. The van der Waals surface area contributed by atoms with Crippen LogP contribution < -0.4 is 0 Å². The number of carbonyl (C=O) groups is 2. The molecule has 0 amide bonds. The topological polar surface area (TPSA) is 72.8 Å². The van der Waals surface area contributed by atoms with Gasteiger partial charge in [-0.05, 0) is 70.6 Å². The monoisotopic (exact) mass is 584 g/mol. The van der Waals surface area contributed by atoms with Gasteiger partial charge in [0, 0.05) is 12.8 Å². The maximum absolute atomic E-state index is 12.1. The molecule has 0 saturated carbocycles. The minimum Gasteiger partial charge on any atom is -0.462 e. The summed E-state index contributed by atoms with van der Waals surface area (Å²) >= 11 is 0. The summed E-state index contributed by atoms with van der Waals surface area (Å²) in [7, 11) is 0. The maximum Gasteiger partial charge on any atom is 0.306 e. The Labute approximate surface area is 257 Å². The first-order valence-corrected chi connectivity index (χ1v) is 16.5. The van der Waals surface area contributed by atoms with E-state index in [1.54, 1.807) is 0 Å². The number of rotatable bonds is 28. The molecule has 0 aromatic carbocycles. The lowest BCUT2D eigenvalue weighted by atomic mass is 10.1. The second-order valence-corrected chi connectivity index (χ2v) is 10.5. The Balaban J connectivity index is 3.76. The van der Waals surface area contributed by atoms with Gasteiger partial charge in [0.25, 0.3) is 0 Å². The number of aliphatic hydroxyl groups excluding tert-OH is 1. The molecule has 0 aromatic heterocycles. The van der Waals surface area contributed by atoms with Gasteiger partial charge < -0.3 is 14.6 Å². The van der Waals surface area contributed by atoms with Crippen molar-refractivity contribution in [3.63, 3.8) is 0 Å². The SMILES string of the molecule is CCC=CCC=CCC=CCC=CCC=CCCCC(=O)O[C@@H](CO)COC(=O)CCCCCCCC=CCCCC. The molecule has 0 rings (SSSR count). The van der Waals surface area contributed by atoms with Crippen LogP contribution >= 0.6 is 0 Å². The lowest BCUT2D eigenvalue weighted by Crippen LogP contribution is -2.28. The summed E-state index contributed by atoms with van der Waals surface area (Å²) < 4.78 is 10.5. The molecule has 0 bridgehead atoms. The minimum atomic E-state index is -0.805. The Morgan fingerprint density at radius 1 is 0.571 bits per heavy atom. The number of hydrogen-bond acceptors (Lipinski definition) is 5. The summed E-state index contributed by atoms with van der Waals surface area (Å²) in [6.07, 6.45) is 42.4. The summed E-state index contributed by atoms with van der Waals surface area (Å²) in [5, 5.41) is 9.49. The van der Waals surface area contributed by atoms with Crippen molar-refractivity contribution in [1.29, 1.82) is 0 Å². The van der Waals surface area contributed by atoms with Gasteiger partial charge in [0.15, 0.2) is 6.10 Å². The molecular formula is C37H60O5. The van der Waals surface area contributed by atoms with E-state index in [2.05, 4.69) is 86.8 Å². The second kappa shape index (κ2) is 32.8. The Hall–Kier alpha value is -2.66. The molecule has 0 spiro atoms. The molecule has 5 heteroatoms. The third kappa shape index (κ3) is 30.3. The van der Waals surface area contributed by atoms with Crippen molar-refractivity contribution in [3.8, 4) is 0 Å². The first kappa shape index (κ1) is 39.3. The van der Waals surface area contributed by atoms with Gasteiger partial charge in [0.05, 0.1) is 6.61 Å². The van der Waals surface area contributed by atoms with Crippen molar-refractivity contribution in [2.45, 2.75) is 136 Å². The third-order valence-electron chi connectivity index (χ3n) is 6.48. The van der Waals surface area contributed by atoms with Gasteiger partial charge in [0.2, 0.25) is 0 Å². The standard InChI is InChI=1S/C37H60O5/c1-3-5-7-9-11-13-15-16-17-18-19-20-22-24-26-28-30-32-37(40)42-35(33-38)34-41-36(39)31-29-27-25-23-21-14-12-10-8-6-4-2/h5,7,10-13,16-17,19-20,24,26,35,38H,3-4,6,8-9,14-15,18,21-23,25,27-34H2,1-2H3/t35-/m0/s1. The molecule has 0 aliphatic heterocycles. The van der Waals surface area contributed by atoms with E-state index in [0.29, 0.717) is 12.8 Å². The fraction of sp³-hybridized carbons (Fsp3) is 0.622. The third-order valence-corrected chi connectivity index (χ3v) is 6.48. The van der Waals surface area contributed by atoms with E-state index in [9.17, 15) is 14.7 Å². The Bertz CT molecular complexity index is 803. The van der Waals surface area contributed by atoms with E-state index in [0.717, 1.165) is 64.2 Å². The highest BCUT2D eigenvalue weighted by atomic mass is 16.6. The molecule has 5 nitrogen and oxygen atoms in total. The number of esters is 2. The molecule has 1 N–H and O–H groups in total. The van der Waals surface area contributed by atoms with Crippen LogP contribution in [-0.4, -0.2) is 36.4 Å². The molecule has 42 heavy (non-hydrogen) atoms. The van der Waals surface area contributed by atoms with Gasteiger partial charge in [0.1, 0.15) is 6.61 Å². The highest BCUT2D eigenvalue weighted by Crippen LogP contribution is 2.09. The van der Waals surface area contributed by atoms with Crippen molar-refractivity contribution in [3.05, 3.63) is 72.9 Å². The molecule has 0 aliphatic rings. The predicted octanol–water partition coefficient (Wildman–Crippen LogP) is 9.83. The van der Waals surface area contributed by atoms with Crippen LogP contribution in [0.1, 0.15) is 129 Å². The fourth-order valence-corrected chi connectivity index (χ4v) is 3.98. The van der Waals surface area contributed by atoms with Gasteiger partial charge in [-0.25, -0.2) is 0 Å². The smallest absolute Gasteiger partial charge is 0.306 e. The average Bonchev–Trinajstić information content (AvgIpc) is 2.99. The Morgan fingerprint density at radius 3 is 1.64 bits per heavy atom. The van der Waals surface area contributed by atoms with Gasteiger partial charge in [-0.1, -0.05) is 119 Å². The van der Waals surface area contributed by atoms with Crippen LogP contribution in [0.5, 0.6) is 0 Å². The molecule has 0 saturated heterocycles. The lowest BCUT2D eigenvalue weighted by Gasteiger charge is -2.15. The predicted molar refractivity (Wildman–Crippen MR) is 177 cm³/mol. The first-order valence-electron chi connectivity index (χ1n) is 16.5. The fourth-order valence-electron chi connectivity index (χ4n) is 3.98. The van der Waals surface area contributed by atoms with E-state index in [1.807, 2.05) is 0 Å². The summed E-state index contributed by atoms with van der Waals surface area (Å²) in [5.74, 6) is -0.681. The Kier molecular flexibility index (Phi) is 30.8. The normalized spacial score (nSPS) is 13.1. The van der Waals surface area contributed by atoms with Gasteiger partial charge >= 0.3 is 11.9 Å². The molecule has 238 valence electrons. The molecule has 0 aliphatic carbocycles. The van der Waals surface area contributed by atoms with Gasteiger partial charge in [-0.15, -0.1) is 0 Å². The maximum atomic E-state index is 12.1. The quantitative estimate of drug-likeness (QED) is 0.0563. The van der Waals surface area contributed by atoms with Crippen LogP contribution in [-0.2, 0) is 19.1 Å². The van der Waals surface area contributed by atoms with Crippen LogP contribution in [0.4, 0.5) is 0 Å².